The predicted octanol–water partition coefficient (Wildman–Crippen LogP) is 3.46. The molecule has 0 aliphatic heterocycles. The number of carbonyl (C=O) groups is 1. The Bertz CT molecular complexity index is 613. The van der Waals surface area contributed by atoms with Crippen molar-refractivity contribution in [2.45, 2.75) is 77.4 Å². The van der Waals surface area contributed by atoms with Gasteiger partial charge in [-0.05, 0) is 85.9 Å². The molecular formula is C22H34O4. The zero-order valence-corrected chi connectivity index (χ0v) is 16.4. The van der Waals surface area contributed by atoms with Crippen molar-refractivity contribution in [3.63, 3.8) is 0 Å². The maximum absolute atomic E-state index is 11.6. The van der Waals surface area contributed by atoms with Gasteiger partial charge in [0.2, 0.25) is 0 Å². The van der Waals surface area contributed by atoms with Crippen LogP contribution in [-0.4, -0.2) is 35.5 Å². The fraction of sp³-hybridized carbons (Fsp3) is 0.864. The Balaban J connectivity index is 1.60. The molecule has 0 aromatic carbocycles. The molecule has 0 bridgehead atoms. The van der Waals surface area contributed by atoms with Crippen molar-refractivity contribution in [3.05, 3.63) is 11.6 Å². The van der Waals surface area contributed by atoms with Crippen molar-refractivity contribution in [1.82, 2.24) is 0 Å². The second-order valence-electron chi connectivity index (χ2n) is 9.96. The van der Waals surface area contributed by atoms with Gasteiger partial charge in [-0.1, -0.05) is 19.4 Å². The molecule has 0 spiro atoms. The molecule has 4 heteroatoms. The van der Waals surface area contributed by atoms with Gasteiger partial charge in [0.25, 0.3) is 0 Å². The molecule has 4 aliphatic carbocycles. The number of fused-ring (bicyclic) bond motifs is 5. The van der Waals surface area contributed by atoms with Gasteiger partial charge in [-0.25, -0.2) is 4.79 Å². The largest absolute Gasteiger partial charge is 0.466 e. The van der Waals surface area contributed by atoms with Crippen LogP contribution in [0.1, 0.15) is 65.2 Å². The minimum absolute atomic E-state index is 0.0503. The first-order chi connectivity index (χ1) is 12.3. The van der Waals surface area contributed by atoms with E-state index in [0.29, 0.717) is 17.8 Å². The highest BCUT2D eigenvalue weighted by molar-refractivity contribution is 5.82. The zero-order chi connectivity index (χ0) is 18.7. The first-order valence-corrected chi connectivity index (χ1v) is 10.4. The van der Waals surface area contributed by atoms with Crippen LogP contribution in [0.25, 0.3) is 0 Å². The first kappa shape index (κ1) is 18.5. The van der Waals surface area contributed by atoms with E-state index in [4.69, 9.17) is 4.74 Å². The second kappa shape index (κ2) is 6.34. The van der Waals surface area contributed by atoms with E-state index in [-0.39, 0.29) is 34.9 Å². The van der Waals surface area contributed by atoms with Crippen molar-refractivity contribution in [1.29, 1.82) is 0 Å². The Kier molecular flexibility index (Phi) is 4.51. The highest BCUT2D eigenvalue weighted by Gasteiger charge is 2.61. The van der Waals surface area contributed by atoms with E-state index in [2.05, 4.69) is 13.8 Å². The first-order valence-electron chi connectivity index (χ1n) is 10.4. The van der Waals surface area contributed by atoms with Gasteiger partial charge in [0.05, 0.1) is 19.3 Å². The van der Waals surface area contributed by atoms with Crippen LogP contribution in [0.2, 0.25) is 0 Å². The van der Waals surface area contributed by atoms with Gasteiger partial charge in [-0.15, -0.1) is 0 Å². The van der Waals surface area contributed by atoms with Crippen molar-refractivity contribution in [2.75, 3.05) is 7.11 Å². The molecule has 8 atom stereocenters. The van der Waals surface area contributed by atoms with Gasteiger partial charge in [-0.2, -0.15) is 0 Å². The van der Waals surface area contributed by atoms with Gasteiger partial charge in [0.15, 0.2) is 0 Å². The Morgan fingerprint density at radius 3 is 2.54 bits per heavy atom. The number of hydrogen-bond acceptors (Lipinski definition) is 4. The summed E-state index contributed by atoms with van der Waals surface area (Å²) in [4.78, 5) is 11.6. The smallest absolute Gasteiger partial charge is 0.330 e. The number of aliphatic hydroxyl groups excluding tert-OH is 2. The molecule has 4 aliphatic rings. The molecule has 0 saturated heterocycles. The molecule has 4 saturated carbocycles. The number of rotatable bonds is 1. The van der Waals surface area contributed by atoms with E-state index in [9.17, 15) is 15.0 Å². The van der Waals surface area contributed by atoms with Crippen molar-refractivity contribution in [3.8, 4) is 0 Å². The third-order valence-electron chi connectivity index (χ3n) is 9.05. The summed E-state index contributed by atoms with van der Waals surface area (Å²) in [6.45, 7) is 4.67. The molecule has 0 amide bonds. The number of carbonyl (C=O) groups excluding carboxylic acids is 1. The number of hydrogen-bond donors (Lipinski definition) is 2. The second-order valence-corrected chi connectivity index (χ2v) is 9.96. The molecule has 0 radical (unpaired) electrons. The van der Waals surface area contributed by atoms with E-state index < -0.39 is 0 Å². The molecule has 0 aromatic heterocycles. The third-order valence-corrected chi connectivity index (χ3v) is 9.05. The number of aliphatic hydroxyl groups is 2. The number of ether oxygens (including phenoxy) is 1. The maximum Gasteiger partial charge on any atom is 0.330 e. The molecule has 26 heavy (non-hydrogen) atoms. The molecule has 0 aromatic rings. The van der Waals surface area contributed by atoms with Crippen LogP contribution >= 0.6 is 0 Å². The topological polar surface area (TPSA) is 66.8 Å². The lowest BCUT2D eigenvalue weighted by Crippen LogP contribution is -2.57. The monoisotopic (exact) mass is 362 g/mol. The van der Waals surface area contributed by atoms with Crippen molar-refractivity contribution in [2.24, 2.45) is 34.5 Å². The Morgan fingerprint density at radius 2 is 1.81 bits per heavy atom. The summed E-state index contributed by atoms with van der Waals surface area (Å²) in [5, 5.41) is 21.6. The quantitative estimate of drug-likeness (QED) is 0.554. The Hall–Kier alpha value is -0.870. The molecule has 4 rings (SSSR count). The van der Waals surface area contributed by atoms with Gasteiger partial charge in [0, 0.05) is 6.08 Å². The molecule has 0 heterocycles. The maximum atomic E-state index is 11.6. The van der Waals surface area contributed by atoms with Gasteiger partial charge >= 0.3 is 5.97 Å². The molecule has 146 valence electrons. The van der Waals surface area contributed by atoms with Gasteiger partial charge in [0.1, 0.15) is 0 Å². The van der Waals surface area contributed by atoms with E-state index in [1.54, 1.807) is 6.08 Å². The minimum atomic E-state index is -0.303. The lowest BCUT2D eigenvalue weighted by molar-refractivity contribution is -0.157. The average molecular weight is 363 g/mol. The Labute approximate surface area is 157 Å². The molecule has 0 unspecified atom stereocenters. The number of esters is 1. The fourth-order valence-electron chi connectivity index (χ4n) is 7.48. The van der Waals surface area contributed by atoms with Crippen molar-refractivity contribution >= 4 is 5.97 Å². The van der Waals surface area contributed by atoms with Gasteiger partial charge in [-0.3, -0.25) is 0 Å². The third kappa shape index (κ3) is 2.59. The summed E-state index contributed by atoms with van der Waals surface area (Å²) in [6, 6.07) is 0. The van der Waals surface area contributed by atoms with E-state index in [1.165, 1.54) is 13.5 Å². The van der Waals surface area contributed by atoms with E-state index >= 15 is 0 Å². The minimum Gasteiger partial charge on any atom is -0.466 e. The highest BCUT2D eigenvalue weighted by Crippen LogP contribution is 2.66. The summed E-state index contributed by atoms with van der Waals surface area (Å²) in [5.41, 5.74) is 1.33. The standard InChI is InChI=1S/C22H34O4/c1-21-8-6-13(11-20(25)26-3)10-17(21)18(23)12-14-15-4-5-19(24)22(15,2)9-7-16(14)21/h11,14-19,23-24H,4-10,12H2,1-3H3/b13-11+/t14-,15-,16-,17+,18-,19-,21+,22-/m0/s1. The average Bonchev–Trinajstić information content (AvgIpc) is 2.91. The van der Waals surface area contributed by atoms with Crippen molar-refractivity contribution < 1.29 is 19.7 Å². The number of methoxy groups -OCH3 is 1. The van der Waals surface area contributed by atoms with Crippen LogP contribution in [0.3, 0.4) is 0 Å². The molecule has 4 nitrogen and oxygen atoms in total. The Morgan fingerprint density at radius 1 is 1.08 bits per heavy atom. The molecule has 2 N–H and O–H groups in total. The van der Waals surface area contributed by atoms with E-state index in [0.717, 1.165) is 50.5 Å². The summed E-state index contributed by atoms with van der Waals surface area (Å²) < 4.78 is 4.79. The van der Waals surface area contributed by atoms with Crippen LogP contribution in [0.4, 0.5) is 0 Å². The summed E-state index contributed by atoms with van der Waals surface area (Å²) >= 11 is 0. The molecular weight excluding hydrogens is 328 g/mol. The van der Waals surface area contributed by atoms with Crippen LogP contribution < -0.4 is 0 Å². The normalized spacial score (nSPS) is 52.1. The van der Waals surface area contributed by atoms with E-state index in [1.807, 2.05) is 0 Å². The summed E-state index contributed by atoms with van der Waals surface area (Å²) in [6.07, 6.45) is 9.15. The zero-order valence-electron chi connectivity index (χ0n) is 16.4. The van der Waals surface area contributed by atoms with Crippen LogP contribution in [0, 0.1) is 34.5 Å². The SMILES string of the molecule is COC(=O)/C=C1\CC[C@@]2(C)[C@H](C1)[C@@H](O)C[C@@H]1[C@@H]2CC[C@]2(C)[C@@H](O)CC[C@@H]12. The number of allylic oxidation sites excluding steroid dienone is 1. The van der Waals surface area contributed by atoms with Crippen LogP contribution in [-0.2, 0) is 9.53 Å². The fourth-order valence-corrected chi connectivity index (χ4v) is 7.48. The lowest BCUT2D eigenvalue weighted by Gasteiger charge is -2.61. The lowest BCUT2D eigenvalue weighted by atomic mass is 9.44. The predicted molar refractivity (Wildman–Crippen MR) is 99.2 cm³/mol. The summed E-state index contributed by atoms with van der Waals surface area (Å²) in [7, 11) is 1.42. The van der Waals surface area contributed by atoms with Crippen LogP contribution in [0.15, 0.2) is 11.6 Å². The highest BCUT2D eigenvalue weighted by atomic mass is 16.5. The molecule has 4 fully saturated rings. The van der Waals surface area contributed by atoms with Crippen LogP contribution in [0.5, 0.6) is 0 Å². The summed E-state index contributed by atoms with van der Waals surface area (Å²) in [5.74, 6) is 1.69. The van der Waals surface area contributed by atoms with Gasteiger partial charge < -0.3 is 14.9 Å².